The summed E-state index contributed by atoms with van der Waals surface area (Å²) in [5, 5.41) is 0. The van der Waals surface area contributed by atoms with E-state index in [2.05, 4.69) is 20.4 Å². The lowest BCUT2D eigenvalue weighted by Crippen LogP contribution is -2.40. The van der Waals surface area contributed by atoms with Gasteiger partial charge < -0.3 is 4.90 Å². The van der Waals surface area contributed by atoms with E-state index in [0.29, 0.717) is 5.92 Å². The molecule has 0 aromatic heterocycles. The molecule has 2 nitrogen and oxygen atoms in total. The van der Waals surface area contributed by atoms with Crippen LogP contribution in [0, 0.1) is 11.8 Å². The molecule has 1 amide bonds. The molecule has 2 heteroatoms. The number of piperidine rings is 1. The Labute approximate surface area is 87.0 Å². The topological polar surface area (TPSA) is 20.3 Å². The minimum atomic E-state index is 0.0954. The predicted molar refractivity (Wildman–Crippen MR) is 59.0 cm³/mol. The van der Waals surface area contributed by atoms with E-state index in [0.717, 1.165) is 25.4 Å². The van der Waals surface area contributed by atoms with Crippen molar-refractivity contribution in [1.29, 1.82) is 0 Å². The summed E-state index contributed by atoms with van der Waals surface area (Å²) < 4.78 is 0. The molecule has 0 saturated carbocycles. The van der Waals surface area contributed by atoms with Gasteiger partial charge in [0.05, 0.1) is 0 Å². The maximum atomic E-state index is 11.4. The molecule has 0 bridgehead atoms. The highest BCUT2D eigenvalue weighted by Gasteiger charge is 2.25. The molecule has 1 fully saturated rings. The predicted octanol–water partition coefficient (Wildman–Crippen LogP) is 2.46. The Hall–Kier alpha value is -0.790. The molecule has 2 atom stereocenters. The molecule has 0 radical (unpaired) electrons. The van der Waals surface area contributed by atoms with Crippen LogP contribution in [0.25, 0.3) is 0 Å². The third-order valence-electron chi connectivity index (χ3n) is 3.39. The minimum Gasteiger partial charge on any atom is -0.339 e. The van der Waals surface area contributed by atoms with E-state index in [4.69, 9.17) is 0 Å². The van der Waals surface area contributed by atoms with E-state index >= 15 is 0 Å². The van der Waals surface area contributed by atoms with Crippen LogP contribution in [-0.2, 0) is 4.79 Å². The first kappa shape index (κ1) is 11.3. The Morgan fingerprint density at radius 2 is 2.43 bits per heavy atom. The summed E-state index contributed by atoms with van der Waals surface area (Å²) in [5.41, 5.74) is 0. The van der Waals surface area contributed by atoms with Gasteiger partial charge in [-0.1, -0.05) is 26.8 Å². The van der Waals surface area contributed by atoms with Crippen LogP contribution in [0.2, 0.25) is 0 Å². The van der Waals surface area contributed by atoms with E-state index in [-0.39, 0.29) is 5.91 Å². The first-order valence-corrected chi connectivity index (χ1v) is 5.60. The SMILES string of the molecule is C=CC(=O)N1CCCC(C(C)CC)C1. The highest BCUT2D eigenvalue weighted by atomic mass is 16.2. The monoisotopic (exact) mass is 195 g/mol. The third-order valence-corrected chi connectivity index (χ3v) is 3.39. The van der Waals surface area contributed by atoms with Gasteiger partial charge in [0.1, 0.15) is 0 Å². The summed E-state index contributed by atoms with van der Waals surface area (Å²) in [6, 6.07) is 0. The van der Waals surface area contributed by atoms with Gasteiger partial charge >= 0.3 is 0 Å². The molecule has 0 N–H and O–H groups in total. The fourth-order valence-corrected chi connectivity index (χ4v) is 2.14. The number of carbonyl (C=O) groups is 1. The number of amides is 1. The van der Waals surface area contributed by atoms with Crippen molar-refractivity contribution in [2.75, 3.05) is 13.1 Å². The van der Waals surface area contributed by atoms with Crippen LogP contribution in [0.15, 0.2) is 12.7 Å². The molecule has 2 unspecified atom stereocenters. The van der Waals surface area contributed by atoms with E-state index in [9.17, 15) is 4.79 Å². The van der Waals surface area contributed by atoms with Crippen molar-refractivity contribution < 1.29 is 4.79 Å². The Kier molecular flexibility index (Phi) is 4.18. The fraction of sp³-hybridized carbons (Fsp3) is 0.750. The molecule has 0 aromatic rings. The first-order valence-electron chi connectivity index (χ1n) is 5.60. The van der Waals surface area contributed by atoms with Crippen molar-refractivity contribution in [3.8, 4) is 0 Å². The molecule has 0 aliphatic carbocycles. The van der Waals surface area contributed by atoms with Crippen LogP contribution in [-0.4, -0.2) is 23.9 Å². The second-order valence-electron chi connectivity index (χ2n) is 4.28. The van der Waals surface area contributed by atoms with Crippen LogP contribution in [0.1, 0.15) is 33.1 Å². The van der Waals surface area contributed by atoms with Gasteiger partial charge in [0.15, 0.2) is 0 Å². The lowest BCUT2D eigenvalue weighted by Gasteiger charge is -2.35. The zero-order valence-electron chi connectivity index (χ0n) is 9.33. The summed E-state index contributed by atoms with van der Waals surface area (Å²) in [6.07, 6.45) is 5.06. The normalized spacial score (nSPS) is 24.4. The standard InChI is InChI=1S/C12H21NO/c1-4-10(3)11-7-6-8-13(9-11)12(14)5-2/h5,10-11H,2,4,6-9H2,1,3H3. The molecule has 80 valence electrons. The summed E-state index contributed by atoms with van der Waals surface area (Å²) in [4.78, 5) is 13.4. The third kappa shape index (κ3) is 2.60. The second kappa shape index (κ2) is 5.18. The number of hydrogen-bond acceptors (Lipinski definition) is 1. The molecule has 0 aromatic carbocycles. The Balaban J connectivity index is 2.51. The van der Waals surface area contributed by atoms with Gasteiger partial charge in [-0.3, -0.25) is 4.79 Å². The fourth-order valence-electron chi connectivity index (χ4n) is 2.14. The zero-order chi connectivity index (χ0) is 10.6. The largest absolute Gasteiger partial charge is 0.339 e. The summed E-state index contributed by atoms with van der Waals surface area (Å²) in [6.45, 7) is 9.88. The van der Waals surface area contributed by atoms with Crippen LogP contribution in [0.3, 0.4) is 0 Å². The average Bonchev–Trinajstić information content (AvgIpc) is 2.27. The van der Waals surface area contributed by atoms with Crippen molar-refractivity contribution in [1.82, 2.24) is 4.90 Å². The Morgan fingerprint density at radius 3 is 3.00 bits per heavy atom. The van der Waals surface area contributed by atoms with Crippen molar-refractivity contribution in [2.24, 2.45) is 11.8 Å². The van der Waals surface area contributed by atoms with E-state index in [1.165, 1.54) is 18.9 Å². The smallest absolute Gasteiger partial charge is 0.245 e. The number of nitrogens with zero attached hydrogens (tertiary/aromatic N) is 1. The van der Waals surface area contributed by atoms with Crippen molar-refractivity contribution >= 4 is 5.91 Å². The number of rotatable bonds is 3. The summed E-state index contributed by atoms with van der Waals surface area (Å²) >= 11 is 0. The zero-order valence-corrected chi connectivity index (χ0v) is 9.33. The van der Waals surface area contributed by atoms with Crippen LogP contribution < -0.4 is 0 Å². The van der Waals surface area contributed by atoms with Gasteiger partial charge in [0.25, 0.3) is 0 Å². The molecule has 0 spiro atoms. The molecule has 1 rings (SSSR count). The average molecular weight is 195 g/mol. The lowest BCUT2D eigenvalue weighted by molar-refractivity contribution is -0.128. The molecule has 14 heavy (non-hydrogen) atoms. The van der Waals surface area contributed by atoms with Crippen molar-refractivity contribution in [2.45, 2.75) is 33.1 Å². The summed E-state index contributed by atoms with van der Waals surface area (Å²) in [7, 11) is 0. The van der Waals surface area contributed by atoms with Gasteiger partial charge in [-0.05, 0) is 30.8 Å². The van der Waals surface area contributed by atoms with Gasteiger partial charge in [-0.25, -0.2) is 0 Å². The molecular formula is C12H21NO. The van der Waals surface area contributed by atoms with Crippen molar-refractivity contribution in [3.05, 3.63) is 12.7 Å². The van der Waals surface area contributed by atoms with E-state index in [1.807, 2.05) is 4.90 Å². The number of hydrogen-bond donors (Lipinski definition) is 0. The lowest BCUT2D eigenvalue weighted by atomic mass is 9.85. The highest BCUT2D eigenvalue weighted by molar-refractivity contribution is 5.87. The van der Waals surface area contributed by atoms with E-state index in [1.54, 1.807) is 0 Å². The molecule has 1 saturated heterocycles. The van der Waals surface area contributed by atoms with Gasteiger partial charge in [-0.2, -0.15) is 0 Å². The van der Waals surface area contributed by atoms with E-state index < -0.39 is 0 Å². The Morgan fingerprint density at radius 1 is 1.71 bits per heavy atom. The maximum Gasteiger partial charge on any atom is 0.245 e. The second-order valence-corrected chi connectivity index (χ2v) is 4.28. The maximum absolute atomic E-state index is 11.4. The highest BCUT2D eigenvalue weighted by Crippen LogP contribution is 2.25. The molecule has 1 aliphatic rings. The minimum absolute atomic E-state index is 0.0954. The molecule has 1 heterocycles. The van der Waals surface area contributed by atoms with Gasteiger partial charge in [0.2, 0.25) is 5.91 Å². The van der Waals surface area contributed by atoms with Crippen LogP contribution in [0.5, 0.6) is 0 Å². The number of likely N-dealkylation sites (tertiary alicyclic amines) is 1. The van der Waals surface area contributed by atoms with Crippen molar-refractivity contribution in [3.63, 3.8) is 0 Å². The quantitative estimate of drug-likeness (QED) is 0.633. The molecule has 1 aliphatic heterocycles. The van der Waals surface area contributed by atoms with Gasteiger partial charge in [0, 0.05) is 13.1 Å². The van der Waals surface area contributed by atoms with Crippen LogP contribution in [0.4, 0.5) is 0 Å². The molecular weight excluding hydrogens is 174 g/mol. The summed E-state index contributed by atoms with van der Waals surface area (Å²) in [5.74, 6) is 1.52. The Bertz CT molecular complexity index is 212. The van der Waals surface area contributed by atoms with Crippen LogP contribution >= 0.6 is 0 Å². The first-order chi connectivity index (χ1) is 6.69. The number of carbonyl (C=O) groups excluding carboxylic acids is 1. The van der Waals surface area contributed by atoms with Gasteiger partial charge in [-0.15, -0.1) is 0 Å².